The minimum Gasteiger partial charge on any atom is -0.481 e. The van der Waals surface area contributed by atoms with Crippen molar-refractivity contribution in [3.05, 3.63) is 35.8 Å². The summed E-state index contributed by atoms with van der Waals surface area (Å²) in [5.74, 6) is -0.353. The molecule has 74 valence electrons. The molecule has 0 aromatic carbocycles. The third-order valence-corrected chi connectivity index (χ3v) is 1.58. The summed E-state index contributed by atoms with van der Waals surface area (Å²) in [4.78, 5) is 20.0. The highest BCUT2D eigenvalue weighted by molar-refractivity contribution is 6.04. The van der Waals surface area contributed by atoms with E-state index in [9.17, 15) is 4.79 Å². The monoisotopic (exact) mass is 194 g/mol. The number of furan rings is 1. The topological polar surface area (TPSA) is 67.5 Å². The van der Waals surface area contributed by atoms with Crippen LogP contribution in [0.4, 0.5) is 0 Å². The van der Waals surface area contributed by atoms with E-state index in [4.69, 9.17) is 14.3 Å². The fourth-order valence-corrected chi connectivity index (χ4v) is 1.08. The number of hydrogen-bond acceptors (Lipinski definition) is 3. The molecule has 1 aromatic heterocycles. The highest BCUT2D eigenvalue weighted by Crippen LogP contribution is 2.16. The van der Waals surface area contributed by atoms with Gasteiger partial charge in [-0.3, -0.25) is 9.59 Å². The molecule has 4 nitrogen and oxygen atoms in total. The Morgan fingerprint density at radius 3 is 2.79 bits per heavy atom. The Kier molecular flexibility index (Phi) is 3.23. The van der Waals surface area contributed by atoms with Gasteiger partial charge in [0.05, 0.1) is 6.26 Å². The summed E-state index contributed by atoms with van der Waals surface area (Å²) in [6.45, 7) is 1.08. The molecule has 0 aliphatic heterocycles. The van der Waals surface area contributed by atoms with Gasteiger partial charge in [0, 0.05) is 12.5 Å². The standard InChI is InChI=1S/C8H6O2.C2H4O2/c9-7-3-1-2-6-4-5-10-8(6)7;1-2(3)4/h1,3-5H,2H2;1H3,(H,3,4). The van der Waals surface area contributed by atoms with Crippen LogP contribution < -0.4 is 0 Å². The van der Waals surface area contributed by atoms with E-state index in [1.165, 1.54) is 0 Å². The van der Waals surface area contributed by atoms with Gasteiger partial charge in [-0.1, -0.05) is 6.08 Å². The van der Waals surface area contributed by atoms with Crippen molar-refractivity contribution in [2.45, 2.75) is 13.3 Å². The van der Waals surface area contributed by atoms with E-state index >= 15 is 0 Å². The van der Waals surface area contributed by atoms with Crippen molar-refractivity contribution in [3.63, 3.8) is 0 Å². The molecule has 0 fully saturated rings. The van der Waals surface area contributed by atoms with Gasteiger partial charge in [0.1, 0.15) is 0 Å². The predicted molar refractivity (Wildman–Crippen MR) is 49.2 cm³/mol. The van der Waals surface area contributed by atoms with Crippen LogP contribution in [-0.4, -0.2) is 16.9 Å². The van der Waals surface area contributed by atoms with Crippen molar-refractivity contribution in [1.29, 1.82) is 0 Å². The molecule has 0 unspecified atom stereocenters. The first-order valence-corrected chi connectivity index (χ1v) is 4.08. The highest BCUT2D eigenvalue weighted by Gasteiger charge is 2.14. The van der Waals surface area contributed by atoms with Crippen molar-refractivity contribution >= 4 is 11.8 Å². The summed E-state index contributed by atoms with van der Waals surface area (Å²) in [7, 11) is 0. The van der Waals surface area contributed by atoms with E-state index in [2.05, 4.69) is 0 Å². The number of ketones is 1. The number of allylic oxidation sites excluding steroid dienone is 2. The summed E-state index contributed by atoms with van der Waals surface area (Å²) in [5.41, 5.74) is 0.993. The number of carbonyl (C=O) groups excluding carboxylic acids is 1. The van der Waals surface area contributed by atoms with E-state index in [-0.39, 0.29) is 5.78 Å². The summed E-state index contributed by atoms with van der Waals surface area (Å²) in [5, 5.41) is 7.42. The Hall–Kier alpha value is -1.84. The maximum absolute atomic E-state index is 11.0. The largest absolute Gasteiger partial charge is 0.481 e. The molecule has 0 saturated carbocycles. The Morgan fingerprint density at radius 2 is 2.21 bits per heavy atom. The van der Waals surface area contributed by atoms with E-state index in [0.29, 0.717) is 5.76 Å². The molecule has 0 bridgehead atoms. The van der Waals surface area contributed by atoms with Gasteiger partial charge in [-0.15, -0.1) is 0 Å². The minimum absolute atomic E-state index is 0.0220. The minimum atomic E-state index is -0.833. The maximum Gasteiger partial charge on any atom is 0.300 e. The van der Waals surface area contributed by atoms with Crippen LogP contribution in [0.15, 0.2) is 28.9 Å². The molecule has 4 heteroatoms. The fraction of sp³-hybridized carbons (Fsp3) is 0.200. The van der Waals surface area contributed by atoms with Crippen LogP contribution in [0.5, 0.6) is 0 Å². The lowest BCUT2D eigenvalue weighted by Crippen LogP contribution is -2.01. The Morgan fingerprint density at radius 1 is 1.57 bits per heavy atom. The van der Waals surface area contributed by atoms with Gasteiger partial charge in [0.2, 0.25) is 5.78 Å². The predicted octanol–water partition coefficient (Wildman–Crippen LogP) is 1.67. The van der Waals surface area contributed by atoms with Gasteiger partial charge in [0.25, 0.3) is 5.97 Å². The van der Waals surface area contributed by atoms with Crippen LogP contribution in [0, 0.1) is 0 Å². The smallest absolute Gasteiger partial charge is 0.300 e. The van der Waals surface area contributed by atoms with E-state index in [1.807, 2.05) is 12.1 Å². The second-order valence-electron chi connectivity index (χ2n) is 2.76. The molecule has 0 atom stereocenters. The lowest BCUT2D eigenvalue weighted by Gasteiger charge is -1.99. The molecular formula is C10H10O4. The van der Waals surface area contributed by atoms with Gasteiger partial charge in [-0.2, -0.15) is 0 Å². The molecule has 1 aromatic rings. The lowest BCUT2D eigenvalue weighted by molar-refractivity contribution is -0.134. The number of aliphatic carboxylic acids is 1. The molecule has 14 heavy (non-hydrogen) atoms. The average Bonchev–Trinajstić information content (AvgIpc) is 2.52. The quantitative estimate of drug-likeness (QED) is 0.682. The van der Waals surface area contributed by atoms with Crippen LogP contribution in [0.1, 0.15) is 23.0 Å². The molecule has 0 radical (unpaired) electrons. The SMILES string of the molecule is CC(=O)O.O=C1C=CCc2ccoc21. The Labute approximate surface area is 80.8 Å². The van der Waals surface area contributed by atoms with Crippen LogP contribution >= 0.6 is 0 Å². The molecule has 0 saturated heterocycles. The molecule has 0 spiro atoms. The summed E-state index contributed by atoms with van der Waals surface area (Å²) >= 11 is 0. The van der Waals surface area contributed by atoms with Crippen molar-refractivity contribution in [2.24, 2.45) is 0 Å². The van der Waals surface area contributed by atoms with Crippen molar-refractivity contribution < 1.29 is 19.1 Å². The molecule has 1 heterocycles. The second-order valence-corrected chi connectivity index (χ2v) is 2.76. The maximum atomic E-state index is 11.0. The molecular weight excluding hydrogens is 184 g/mol. The first-order chi connectivity index (χ1) is 6.61. The zero-order chi connectivity index (χ0) is 10.6. The fourth-order valence-electron chi connectivity index (χ4n) is 1.08. The first-order valence-electron chi connectivity index (χ1n) is 4.08. The van der Waals surface area contributed by atoms with E-state index < -0.39 is 5.97 Å². The van der Waals surface area contributed by atoms with Crippen LogP contribution in [0.3, 0.4) is 0 Å². The van der Waals surface area contributed by atoms with Crippen LogP contribution in [0.2, 0.25) is 0 Å². The van der Waals surface area contributed by atoms with Crippen LogP contribution in [0.25, 0.3) is 0 Å². The molecule has 0 amide bonds. The second kappa shape index (κ2) is 4.41. The van der Waals surface area contributed by atoms with Gasteiger partial charge in [-0.05, 0) is 18.6 Å². The van der Waals surface area contributed by atoms with Gasteiger partial charge in [-0.25, -0.2) is 0 Å². The Balaban J connectivity index is 0.000000213. The van der Waals surface area contributed by atoms with Crippen molar-refractivity contribution in [3.8, 4) is 0 Å². The summed E-state index contributed by atoms with van der Waals surface area (Å²) in [6, 6.07) is 1.83. The number of carboxylic acids is 1. The summed E-state index contributed by atoms with van der Waals surface area (Å²) in [6.07, 6.45) is 5.76. The Bertz CT molecular complexity index is 369. The lowest BCUT2D eigenvalue weighted by atomic mass is 10.1. The van der Waals surface area contributed by atoms with Gasteiger partial charge >= 0.3 is 0 Å². The zero-order valence-electron chi connectivity index (χ0n) is 7.69. The highest BCUT2D eigenvalue weighted by atomic mass is 16.4. The van der Waals surface area contributed by atoms with E-state index in [1.54, 1.807) is 12.3 Å². The third kappa shape index (κ3) is 2.58. The number of fused-ring (bicyclic) bond motifs is 1. The molecule has 1 N–H and O–H groups in total. The van der Waals surface area contributed by atoms with Gasteiger partial charge < -0.3 is 9.52 Å². The first kappa shape index (κ1) is 10.2. The zero-order valence-corrected chi connectivity index (χ0v) is 7.69. The van der Waals surface area contributed by atoms with Crippen LogP contribution in [-0.2, 0) is 11.2 Å². The van der Waals surface area contributed by atoms with Crippen molar-refractivity contribution in [1.82, 2.24) is 0 Å². The third-order valence-electron chi connectivity index (χ3n) is 1.58. The number of hydrogen-bond donors (Lipinski definition) is 1. The number of rotatable bonds is 0. The summed E-state index contributed by atoms with van der Waals surface area (Å²) < 4.78 is 4.97. The number of carboxylic acid groups (broad SMARTS) is 1. The molecule has 1 aliphatic carbocycles. The van der Waals surface area contributed by atoms with Gasteiger partial charge in [0.15, 0.2) is 5.76 Å². The molecule has 1 aliphatic rings. The molecule has 2 rings (SSSR count). The van der Waals surface area contributed by atoms with Crippen molar-refractivity contribution in [2.75, 3.05) is 0 Å². The normalized spacial score (nSPS) is 12.8. The van der Waals surface area contributed by atoms with E-state index in [0.717, 1.165) is 18.9 Å². The number of carbonyl (C=O) groups is 2. The average molecular weight is 194 g/mol.